The van der Waals surface area contributed by atoms with Gasteiger partial charge in [0.2, 0.25) is 0 Å². The van der Waals surface area contributed by atoms with E-state index in [1.54, 1.807) is 31.2 Å². The molecule has 0 amide bonds. The lowest BCUT2D eigenvalue weighted by atomic mass is 10.1. The largest absolute Gasteiger partial charge is 0.462 e. The van der Waals surface area contributed by atoms with Gasteiger partial charge < -0.3 is 9.72 Å². The number of carbonyl (C=O) groups excluding carboxylic acids is 1. The van der Waals surface area contributed by atoms with Gasteiger partial charge in [0.25, 0.3) is 5.56 Å². The van der Waals surface area contributed by atoms with Gasteiger partial charge in [-0.05, 0) is 13.0 Å². The number of carbonyl (C=O) groups is 1. The van der Waals surface area contributed by atoms with E-state index in [1.165, 1.54) is 6.20 Å². The Hall–Kier alpha value is -2.10. The van der Waals surface area contributed by atoms with Crippen molar-refractivity contribution in [2.45, 2.75) is 6.92 Å². The maximum absolute atomic E-state index is 11.6. The molecule has 0 saturated heterocycles. The monoisotopic (exact) mass is 217 g/mol. The van der Waals surface area contributed by atoms with Gasteiger partial charge in [-0.2, -0.15) is 0 Å². The van der Waals surface area contributed by atoms with Crippen LogP contribution in [0.3, 0.4) is 0 Å². The Morgan fingerprint density at radius 1 is 1.31 bits per heavy atom. The zero-order chi connectivity index (χ0) is 11.5. The third kappa shape index (κ3) is 1.69. The smallest absolute Gasteiger partial charge is 0.340 e. The highest BCUT2D eigenvalue weighted by Gasteiger charge is 2.12. The maximum Gasteiger partial charge on any atom is 0.340 e. The lowest BCUT2D eigenvalue weighted by molar-refractivity contribution is 0.0528. The summed E-state index contributed by atoms with van der Waals surface area (Å²) >= 11 is 0. The van der Waals surface area contributed by atoms with Crippen molar-refractivity contribution < 1.29 is 9.53 Å². The normalized spacial score (nSPS) is 10.3. The molecule has 0 spiro atoms. The average molecular weight is 217 g/mol. The summed E-state index contributed by atoms with van der Waals surface area (Å²) in [5.41, 5.74) is 0.181. The van der Waals surface area contributed by atoms with Gasteiger partial charge in [-0.3, -0.25) is 4.79 Å². The second-order valence-corrected chi connectivity index (χ2v) is 3.30. The molecule has 0 atom stereocenters. The molecule has 1 aromatic heterocycles. The number of aromatic amines is 1. The molecular weight excluding hydrogens is 206 g/mol. The lowest BCUT2D eigenvalue weighted by Crippen LogP contribution is -2.12. The van der Waals surface area contributed by atoms with E-state index in [1.807, 2.05) is 0 Å². The van der Waals surface area contributed by atoms with Crippen LogP contribution in [-0.4, -0.2) is 17.6 Å². The zero-order valence-corrected chi connectivity index (χ0v) is 8.82. The number of esters is 1. The number of pyridine rings is 1. The van der Waals surface area contributed by atoms with Crippen LogP contribution in [0.1, 0.15) is 17.3 Å². The summed E-state index contributed by atoms with van der Waals surface area (Å²) in [4.78, 5) is 25.7. The number of rotatable bonds is 2. The van der Waals surface area contributed by atoms with E-state index in [9.17, 15) is 9.59 Å². The van der Waals surface area contributed by atoms with Crippen LogP contribution in [-0.2, 0) is 4.74 Å². The minimum absolute atomic E-state index is 0.205. The molecule has 0 bridgehead atoms. The van der Waals surface area contributed by atoms with Gasteiger partial charge in [0, 0.05) is 17.0 Å². The van der Waals surface area contributed by atoms with E-state index in [2.05, 4.69) is 4.98 Å². The first-order valence-electron chi connectivity index (χ1n) is 5.01. The van der Waals surface area contributed by atoms with Crippen molar-refractivity contribution >= 4 is 16.7 Å². The fraction of sp³-hybridized carbons (Fsp3) is 0.167. The van der Waals surface area contributed by atoms with Crippen LogP contribution in [0.25, 0.3) is 10.8 Å². The fourth-order valence-electron chi connectivity index (χ4n) is 1.59. The minimum Gasteiger partial charge on any atom is -0.462 e. The number of aromatic nitrogens is 1. The van der Waals surface area contributed by atoms with E-state index in [-0.39, 0.29) is 5.56 Å². The highest BCUT2D eigenvalue weighted by Crippen LogP contribution is 2.14. The first kappa shape index (κ1) is 10.4. The average Bonchev–Trinajstić information content (AvgIpc) is 2.30. The van der Waals surface area contributed by atoms with Crippen LogP contribution >= 0.6 is 0 Å². The molecule has 82 valence electrons. The number of hydrogen-bond acceptors (Lipinski definition) is 3. The number of fused-ring (bicyclic) bond motifs is 1. The van der Waals surface area contributed by atoms with Crippen molar-refractivity contribution in [3.63, 3.8) is 0 Å². The summed E-state index contributed by atoms with van der Waals surface area (Å²) in [6.07, 6.45) is 1.39. The number of H-pyrrole nitrogens is 1. The predicted octanol–water partition coefficient (Wildman–Crippen LogP) is 1.70. The van der Waals surface area contributed by atoms with E-state index < -0.39 is 5.97 Å². The number of nitrogens with one attached hydrogen (secondary N) is 1. The van der Waals surface area contributed by atoms with Gasteiger partial charge in [-0.15, -0.1) is 0 Å². The topological polar surface area (TPSA) is 59.2 Å². The summed E-state index contributed by atoms with van der Waals surface area (Å²) in [7, 11) is 0. The van der Waals surface area contributed by atoms with Gasteiger partial charge in [-0.1, -0.05) is 18.2 Å². The second-order valence-electron chi connectivity index (χ2n) is 3.30. The Morgan fingerprint density at radius 3 is 2.69 bits per heavy atom. The molecule has 1 N–H and O–H groups in total. The molecule has 0 radical (unpaired) electrons. The van der Waals surface area contributed by atoms with E-state index >= 15 is 0 Å². The van der Waals surface area contributed by atoms with Gasteiger partial charge in [0.1, 0.15) is 0 Å². The molecule has 4 nitrogen and oxygen atoms in total. The lowest BCUT2D eigenvalue weighted by Gasteiger charge is -2.04. The van der Waals surface area contributed by atoms with Gasteiger partial charge in [-0.25, -0.2) is 4.79 Å². The summed E-state index contributed by atoms with van der Waals surface area (Å²) in [6.45, 7) is 2.05. The van der Waals surface area contributed by atoms with Crippen LogP contribution in [0.5, 0.6) is 0 Å². The van der Waals surface area contributed by atoms with Crippen molar-refractivity contribution in [3.05, 3.63) is 46.4 Å². The molecule has 4 heteroatoms. The Bertz CT molecular complexity index is 586. The molecule has 1 aromatic carbocycles. The van der Waals surface area contributed by atoms with Crippen molar-refractivity contribution in [2.24, 2.45) is 0 Å². The summed E-state index contributed by atoms with van der Waals surface area (Å²) in [6, 6.07) is 6.95. The molecular formula is C12H11NO3. The molecule has 16 heavy (non-hydrogen) atoms. The van der Waals surface area contributed by atoms with Crippen molar-refractivity contribution in [1.82, 2.24) is 4.98 Å². The second kappa shape index (κ2) is 4.18. The summed E-state index contributed by atoms with van der Waals surface area (Å²) < 4.78 is 4.91. The highest BCUT2D eigenvalue weighted by atomic mass is 16.5. The van der Waals surface area contributed by atoms with Gasteiger partial charge in [0.05, 0.1) is 12.2 Å². The Labute approximate surface area is 91.9 Å². The molecule has 2 rings (SSSR count). The van der Waals surface area contributed by atoms with E-state index in [0.29, 0.717) is 22.9 Å². The highest BCUT2D eigenvalue weighted by molar-refractivity contribution is 6.03. The number of ether oxygens (including phenoxy) is 1. The fourth-order valence-corrected chi connectivity index (χ4v) is 1.59. The third-order valence-electron chi connectivity index (χ3n) is 2.30. The van der Waals surface area contributed by atoms with Gasteiger partial charge >= 0.3 is 5.97 Å². The minimum atomic E-state index is -0.421. The number of hydrogen-bond donors (Lipinski definition) is 1. The molecule has 1 heterocycles. The first-order chi connectivity index (χ1) is 7.74. The van der Waals surface area contributed by atoms with Crippen molar-refractivity contribution in [1.29, 1.82) is 0 Å². The Morgan fingerprint density at radius 2 is 2.00 bits per heavy atom. The number of benzene rings is 1. The predicted molar refractivity (Wildman–Crippen MR) is 60.5 cm³/mol. The van der Waals surface area contributed by atoms with Crippen LogP contribution < -0.4 is 5.56 Å². The van der Waals surface area contributed by atoms with Crippen LogP contribution in [0, 0.1) is 0 Å². The van der Waals surface area contributed by atoms with Crippen molar-refractivity contribution in [2.75, 3.05) is 6.61 Å². The van der Waals surface area contributed by atoms with Crippen LogP contribution in [0.2, 0.25) is 0 Å². The SMILES string of the molecule is CCOC(=O)c1c[nH]c(=O)c2ccccc12. The van der Waals surface area contributed by atoms with E-state index in [0.717, 1.165) is 0 Å². The van der Waals surface area contributed by atoms with Crippen LogP contribution in [0.4, 0.5) is 0 Å². The molecule has 0 aliphatic heterocycles. The van der Waals surface area contributed by atoms with E-state index in [4.69, 9.17) is 4.74 Å². The molecule has 0 saturated carbocycles. The molecule has 0 aliphatic rings. The summed E-state index contributed by atoms with van der Waals surface area (Å²) in [5, 5.41) is 1.11. The van der Waals surface area contributed by atoms with Crippen molar-refractivity contribution in [3.8, 4) is 0 Å². The Balaban J connectivity index is 2.68. The first-order valence-corrected chi connectivity index (χ1v) is 5.01. The quantitative estimate of drug-likeness (QED) is 0.779. The van der Waals surface area contributed by atoms with Crippen LogP contribution in [0.15, 0.2) is 35.3 Å². The molecule has 2 aromatic rings. The Kier molecular flexibility index (Phi) is 2.72. The standard InChI is InChI=1S/C12H11NO3/c1-2-16-12(15)10-7-13-11(14)9-6-4-3-5-8(9)10/h3-7H,2H2,1H3,(H,13,14). The molecule has 0 aliphatic carbocycles. The van der Waals surface area contributed by atoms with Gasteiger partial charge in [0.15, 0.2) is 0 Å². The zero-order valence-electron chi connectivity index (χ0n) is 8.82. The summed E-state index contributed by atoms with van der Waals surface area (Å²) in [5.74, 6) is -0.421. The maximum atomic E-state index is 11.6. The third-order valence-corrected chi connectivity index (χ3v) is 2.30. The molecule has 0 unspecified atom stereocenters. The molecule has 0 fully saturated rings.